The minimum absolute atomic E-state index is 0.698. The van der Waals surface area contributed by atoms with Gasteiger partial charge in [0.05, 0.1) is 11.4 Å². The highest BCUT2D eigenvalue weighted by Crippen LogP contribution is 2.37. The summed E-state index contributed by atoms with van der Waals surface area (Å²) in [5, 5.41) is 10.0. The van der Waals surface area contributed by atoms with Gasteiger partial charge in [-0.25, -0.2) is 0 Å². The number of aryl methyl sites for hydroxylation is 2. The Kier molecular flexibility index (Phi) is 2.72. The number of aromatic nitrogens is 2. The van der Waals surface area contributed by atoms with Crippen LogP contribution in [0, 0.1) is 6.92 Å². The molecule has 1 aliphatic rings. The van der Waals surface area contributed by atoms with E-state index in [0.717, 1.165) is 18.8 Å². The predicted octanol–water partition coefficient (Wildman–Crippen LogP) is 2.51. The lowest BCUT2D eigenvalue weighted by Gasteiger charge is -2.22. The van der Waals surface area contributed by atoms with Gasteiger partial charge in [-0.1, -0.05) is 18.7 Å². The van der Waals surface area contributed by atoms with Gasteiger partial charge in [-0.3, -0.25) is 4.68 Å². The normalized spacial score (nSPS) is 20.4. The van der Waals surface area contributed by atoms with Crippen molar-refractivity contribution in [1.29, 1.82) is 0 Å². The number of anilines is 1. The van der Waals surface area contributed by atoms with Crippen molar-refractivity contribution < 1.29 is 0 Å². The Labute approximate surface area is 89.3 Å². The van der Waals surface area contributed by atoms with E-state index in [-0.39, 0.29) is 0 Å². The number of fused-ring (bicyclic) bond motifs is 1. The maximum atomic E-state index is 4.51. The number of hydrogen-bond donors (Lipinski definition) is 1. The fraction of sp³-hybridized carbons (Fsp3) is 0.700. The Hall–Kier alpha value is -0.640. The van der Waals surface area contributed by atoms with Crippen LogP contribution in [0.4, 0.5) is 5.69 Å². The average molecular weight is 211 g/mol. The molecule has 14 heavy (non-hydrogen) atoms. The summed E-state index contributed by atoms with van der Waals surface area (Å²) in [5.41, 5.74) is 2.38. The second kappa shape index (κ2) is 3.85. The standard InChI is InChI=1S/C10H17N3S/c1-4-8-6-11-9-7(3)12-13(5-2)10(9)14-8/h8,11H,4-6H2,1-3H3. The van der Waals surface area contributed by atoms with Crippen LogP contribution in [-0.2, 0) is 6.54 Å². The number of thioether (sulfide) groups is 1. The summed E-state index contributed by atoms with van der Waals surface area (Å²) in [4.78, 5) is 0. The SMILES string of the molecule is CCC1CNc2c(C)nn(CC)c2S1. The Morgan fingerprint density at radius 1 is 1.57 bits per heavy atom. The van der Waals surface area contributed by atoms with Gasteiger partial charge < -0.3 is 5.32 Å². The van der Waals surface area contributed by atoms with E-state index >= 15 is 0 Å². The number of nitrogens with zero attached hydrogens (tertiary/aromatic N) is 2. The largest absolute Gasteiger partial charge is 0.380 e. The molecule has 0 fully saturated rings. The van der Waals surface area contributed by atoms with Crippen LogP contribution in [0.3, 0.4) is 0 Å². The maximum Gasteiger partial charge on any atom is 0.118 e. The van der Waals surface area contributed by atoms with E-state index in [2.05, 4.69) is 35.9 Å². The fourth-order valence-electron chi connectivity index (χ4n) is 1.74. The molecular weight excluding hydrogens is 194 g/mol. The van der Waals surface area contributed by atoms with Crippen molar-refractivity contribution in [1.82, 2.24) is 9.78 Å². The molecule has 0 bridgehead atoms. The van der Waals surface area contributed by atoms with Crippen LogP contribution in [0.15, 0.2) is 5.03 Å². The van der Waals surface area contributed by atoms with Crippen molar-refractivity contribution in [3.05, 3.63) is 5.69 Å². The highest BCUT2D eigenvalue weighted by Gasteiger charge is 2.23. The first-order valence-corrected chi connectivity index (χ1v) is 6.12. The Bertz CT molecular complexity index is 332. The van der Waals surface area contributed by atoms with Crippen molar-refractivity contribution in [2.75, 3.05) is 11.9 Å². The van der Waals surface area contributed by atoms with E-state index < -0.39 is 0 Å². The van der Waals surface area contributed by atoms with E-state index in [1.807, 2.05) is 11.8 Å². The molecule has 1 atom stereocenters. The lowest BCUT2D eigenvalue weighted by Crippen LogP contribution is -2.21. The van der Waals surface area contributed by atoms with Crippen molar-refractivity contribution in [2.45, 2.75) is 44.0 Å². The molecule has 1 N–H and O–H groups in total. The van der Waals surface area contributed by atoms with Crippen LogP contribution in [0.1, 0.15) is 26.0 Å². The second-order valence-electron chi connectivity index (χ2n) is 3.61. The molecule has 0 aliphatic carbocycles. The number of rotatable bonds is 2. The summed E-state index contributed by atoms with van der Waals surface area (Å²) < 4.78 is 2.10. The molecule has 2 heterocycles. The average Bonchev–Trinajstić information content (AvgIpc) is 2.55. The summed E-state index contributed by atoms with van der Waals surface area (Å²) in [7, 11) is 0. The zero-order chi connectivity index (χ0) is 10.1. The van der Waals surface area contributed by atoms with Crippen molar-refractivity contribution in [2.24, 2.45) is 0 Å². The fourth-order valence-corrected chi connectivity index (χ4v) is 3.02. The first-order chi connectivity index (χ1) is 6.76. The predicted molar refractivity (Wildman–Crippen MR) is 61.1 cm³/mol. The van der Waals surface area contributed by atoms with Gasteiger partial charge in [-0.2, -0.15) is 5.10 Å². The van der Waals surface area contributed by atoms with Gasteiger partial charge in [-0.05, 0) is 20.3 Å². The Morgan fingerprint density at radius 3 is 3.00 bits per heavy atom. The summed E-state index contributed by atoms with van der Waals surface area (Å²) in [6.07, 6.45) is 1.21. The Balaban J connectivity index is 2.34. The zero-order valence-electron chi connectivity index (χ0n) is 9.00. The first kappa shape index (κ1) is 9.90. The third-order valence-corrected chi connectivity index (χ3v) is 4.09. The first-order valence-electron chi connectivity index (χ1n) is 5.24. The van der Waals surface area contributed by atoms with Crippen LogP contribution in [0.5, 0.6) is 0 Å². The van der Waals surface area contributed by atoms with Crippen molar-refractivity contribution in [3.8, 4) is 0 Å². The zero-order valence-corrected chi connectivity index (χ0v) is 9.82. The molecule has 1 aliphatic heterocycles. The van der Waals surface area contributed by atoms with E-state index in [4.69, 9.17) is 0 Å². The molecule has 1 aromatic rings. The summed E-state index contributed by atoms with van der Waals surface area (Å²) in [6.45, 7) is 8.49. The molecule has 3 nitrogen and oxygen atoms in total. The molecule has 78 valence electrons. The molecule has 4 heteroatoms. The van der Waals surface area contributed by atoms with E-state index in [9.17, 15) is 0 Å². The molecule has 0 spiro atoms. The van der Waals surface area contributed by atoms with Crippen LogP contribution in [-0.4, -0.2) is 21.6 Å². The molecule has 0 radical (unpaired) electrons. The molecule has 1 unspecified atom stereocenters. The number of hydrogen-bond acceptors (Lipinski definition) is 3. The highest BCUT2D eigenvalue weighted by molar-refractivity contribution is 8.00. The van der Waals surface area contributed by atoms with Crippen molar-refractivity contribution in [3.63, 3.8) is 0 Å². The van der Waals surface area contributed by atoms with Crippen molar-refractivity contribution >= 4 is 17.4 Å². The van der Waals surface area contributed by atoms with Crippen LogP contribution in [0.25, 0.3) is 0 Å². The van der Waals surface area contributed by atoms with E-state index in [1.54, 1.807) is 0 Å². The minimum Gasteiger partial charge on any atom is -0.380 e. The van der Waals surface area contributed by atoms with Crippen LogP contribution >= 0.6 is 11.8 Å². The lowest BCUT2D eigenvalue weighted by atomic mass is 10.3. The molecule has 1 aromatic heterocycles. The smallest absolute Gasteiger partial charge is 0.118 e. The molecule has 0 amide bonds. The van der Waals surface area contributed by atoms with Gasteiger partial charge in [0, 0.05) is 18.3 Å². The molecule has 0 saturated carbocycles. The monoisotopic (exact) mass is 211 g/mol. The van der Waals surface area contributed by atoms with Gasteiger partial charge in [0.2, 0.25) is 0 Å². The molecule has 0 aromatic carbocycles. The van der Waals surface area contributed by atoms with Gasteiger partial charge in [-0.15, -0.1) is 0 Å². The second-order valence-corrected chi connectivity index (χ2v) is 4.90. The molecule has 0 saturated heterocycles. The van der Waals surface area contributed by atoms with Gasteiger partial charge in [0.15, 0.2) is 0 Å². The van der Waals surface area contributed by atoms with E-state index in [1.165, 1.54) is 17.1 Å². The van der Waals surface area contributed by atoms with Crippen LogP contribution < -0.4 is 5.32 Å². The quantitative estimate of drug-likeness (QED) is 0.815. The van der Waals surface area contributed by atoms with Crippen LogP contribution in [0.2, 0.25) is 0 Å². The Morgan fingerprint density at radius 2 is 2.36 bits per heavy atom. The van der Waals surface area contributed by atoms with Gasteiger partial charge in [0.25, 0.3) is 0 Å². The highest BCUT2D eigenvalue weighted by atomic mass is 32.2. The summed E-state index contributed by atoms with van der Waals surface area (Å²) >= 11 is 1.97. The third-order valence-electron chi connectivity index (χ3n) is 2.62. The topological polar surface area (TPSA) is 29.9 Å². The maximum absolute atomic E-state index is 4.51. The third kappa shape index (κ3) is 1.52. The minimum atomic E-state index is 0.698. The summed E-state index contributed by atoms with van der Waals surface area (Å²) in [6, 6.07) is 0. The summed E-state index contributed by atoms with van der Waals surface area (Å²) in [5.74, 6) is 0. The van der Waals surface area contributed by atoms with E-state index in [0.29, 0.717) is 5.25 Å². The molecular formula is C10H17N3S. The lowest BCUT2D eigenvalue weighted by molar-refractivity contribution is 0.598. The van der Waals surface area contributed by atoms with Gasteiger partial charge >= 0.3 is 0 Å². The molecule has 2 rings (SSSR count). The number of nitrogens with one attached hydrogen (secondary N) is 1. The van der Waals surface area contributed by atoms with Gasteiger partial charge in [0.1, 0.15) is 5.03 Å².